The Bertz CT molecular complexity index is 259. The highest BCUT2D eigenvalue weighted by Crippen LogP contribution is 2.22. The van der Waals surface area contributed by atoms with Crippen molar-refractivity contribution in [2.24, 2.45) is 0 Å². The third kappa shape index (κ3) is 1.23. The van der Waals surface area contributed by atoms with Gasteiger partial charge in [0.25, 0.3) is 0 Å². The lowest BCUT2D eigenvalue weighted by Gasteiger charge is -2.09. The highest BCUT2D eigenvalue weighted by molar-refractivity contribution is 5.03. The number of fused-ring (bicyclic) bond motifs is 1. The number of rotatable bonds is 3. The van der Waals surface area contributed by atoms with E-state index in [-0.39, 0.29) is 6.04 Å². The molecule has 2 rings (SSSR count). The van der Waals surface area contributed by atoms with E-state index in [1.807, 2.05) is 19.3 Å². The van der Waals surface area contributed by atoms with Crippen LogP contribution in [0.5, 0.6) is 0 Å². The molecule has 1 atom stereocenters. The summed E-state index contributed by atoms with van der Waals surface area (Å²) in [6.07, 6.45) is 4.90. The summed E-state index contributed by atoms with van der Waals surface area (Å²) in [5, 5.41) is 0. The van der Waals surface area contributed by atoms with Crippen molar-refractivity contribution >= 4 is 0 Å². The molecule has 0 amide bonds. The average molecular weight is 167 g/mol. The highest BCUT2D eigenvalue weighted by Gasteiger charge is 2.22. The molecule has 4 nitrogen and oxygen atoms in total. The first kappa shape index (κ1) is 7.76. The summed E-state index contributed by atoms with van der Waals surface area (Å²) in [5.41, 5.74) is 2.99. The van der Waals surface area contributed by atoms with E-state index >= 15 is 0 Å². The zero-order valence-electron chi connectivity index (χ0n) is 7.16. The summed E-state index contributed by atoms with van der Waals surface area (Å²) in [4.78, 5) is 9.39. The van der Waals surface area contributed by atoms with E-state index in [1.165, 1.54) is 0 Å². The van der Waals surface area contributed by atoms with Crippen LogP contribution in [0.15, 0.2) is 12.4 Å². The molecule has 1 aliphatic heterocycles. The minimum atomic E-state index is 0.278. The van der Waals surface area contributed by atoms with Crippen molar-refractivity contribution in [3.8, 4) is 0 Å². The van der Waals surface area contributed by atoms with Gasteiger partial charge in [0.2, 0.25) is 0 Å². The van der Waals surface area contributed by atoms with Gasteiger partial charge in [0, 0.05) is 18.9 Å². The number of aromatic nitrogens is 2. The van der Waals surface area contributed by atoms with E-state index in [0.717, 1.165) is 18.8 Å². The highest BCUT2D eigenvalue weighted by atomic mass is 16.6. The molecule has 0 saturated carbocycles. The number of hydroxylamine groups is 1. The van der Waals surface area contributed by atoms with Crippen molar-refractivity contribution < 1.29 is 4.84 Å². The van der Waals surface area contributed by atoms with Crippen molar-refractivity contribution in [2.45, 2.75) is 25.9 Å². The lowest BCUT2D eigenvalue weighted by molar-refractivity contribution is 0.0235. The molecule has 12 heavy (non-hydrogen) atoms. The van der Waals surface area contributed by atoms with Gasteiger partial charge in [-0.2, -0.15) is 5.48 Å². The molecule has 1 unspecified atom stereocenters. The quantitative estimate of drug-likeness (QED) is 0.679. The molecule has 1 aromatic rings. The minimum Gasteiger partial charge on any atom is -0.333 e. The van der Waals surface area contributed by atoms with Gasteiger partial charge in [-0.1, -0.05) is 0 Å². The second-order valence-electron chi connectivity index (χ2n) is 2.87. The smallest absolute Gasteiger partial charge is 0.128 e. The fraction of sp³-hybridized carbons (Fsp3) is 0.625. The molecule has 0 fully saturated rings. The topological polar surface area (TPSA) is 39.1 Å². The van der Waals surface area contributed by atoms with Gasteiger partial charge in [-0.25, -0.2) is 4.98 Å². The van der Waals surface area contributed by atoms with Crippen LogP contribution in [0.1, 0.15) is 25.2 Å². The molecule has 0 aliphatic carbocycles. The van der Waals surface area contributed by atoms with Crippen molar-refractivity contribution in [1.82, 2.24) is 15.0 Å². The zero-order valence-corrected chi connectivity index (χ0v) is 7.16. The molecule has 0 bridgehead atoms. The maximum atomic E-state index is 5.14. The Labute approximate surface area is 71.5 Å². The predicted octanol–water partition coefficient (Wildman–Crippen LogP) is 0.869. The fourth-order valence-corrected chi connectivity index (χ4v) is 1.51. The zero-order chi connectivity index (χ0) is 8.39. The van der Waals surface area contributed by atoms with Crippen LogP contribution >= 0.6 is 0 Å². The lowest BCUT2D eigenvalue weighted by Crippen LogP contribution is -2.20. The Balaban J connectivity index is 2.02. The van der Waals surface area contributed by atoms with Gasteiger partial charge in [0.1, 0.15) is 5.82 Å². The summed E-state index contributed by atoms with van der Waals surface area (Å²) in [7, 11) is 0. The van der Waals surface area contributed by atoms with Crippen molar-refractivity contribution in [3.63, 3.8) is 0 Å². The molecule has 4 heteroatoms. The molecule has 0 spiro atoms. The SMILES string of the molecule is CCONC1CCn2ccnc21. The van der Waals surface area contributed by atoms with Crippen LogP contribution in [0.2, 0.25) is 0 Å². The fourth-order valence-electron chi connectivity index (χ4n) is 1.51. The first-order valence-electron chi connectivity index (χ1n) is 4.30. The molecule has 66 valence electrons. The minimum absolute atomic E-state index is 0.278. The van der Waals surface area contributed by atoms with Crippen molar-refractivity contribution in [3.05, 3.63) is 18.2 Å². The number of imidazole rings is 1. The monoisotopic (exact) mass is 167 g/mol. The molecule has 1 N–H and O–H groups in total. The first-order valence-corrected chi connectivity index (χ1v) is 4.30. The normalized spacial score (nSPS) is 21.2. The number of aryl methyl sites for hydroxylation is 1. The standard InChI is InChI=1S/C8H13N3O/c1-2-12-10-7-3-5-11-6-4-9-8(7)11/h4,6-7,10H,2-3,5H2,1H3. The molecule has 1 aliphatic rings. The average Bonchev–Trinajstić information content (AvgIpc) is 2.62. The number of nitrogens with one attached hydrogen (secondary N) is 1. The van der Waals surface area contributed by atoms with Crippen LogP contribution in [0.25, 0.3) is 0 Å². The van der Waals surface area contributed by atoms with Crippen LogP contribution < -0.4 is 5.48 Å². The summed E-state index contributed by atoms with van der Waals surface area (Å²) >= 11 is 0. The molecule has 0 saturated heterocycles. The second kappa shape index (κ2) is 3.25. The summed E-state index contributed by atoms with van der Waals surface area (Å²) in [6, 6.07) is 0.278. The van der Waals surface area contributed by atoms with Crippen molar-refractivity contribution in [2.75, 3.05) is 6.61 Å². The Morgan fingerprint density at radius 2 is 2.75 bits per heavy atom. The van der Waals surface area contributed by atoms with Gasteiger partial charge in [0.15, 0.2) is 0 Å². The van der Waals surface area contributed by atoms with Gasteiger partial charge >= 0.3 is 0 Å². The lowest BCUT2D eigenvalue weighted by atomic mass is 10.3. The second-order valence-corrected chi connectivity index (χ2v) is 2.87. The van der Waals surface area contributed by atoms with E-state index in [0.29, 0.717) is 6.61 Å². The molecular formula is C8H13N3O. The number of nitrogens with zero attached hydrogens (tertiary/aromatic N) is 2. The van der Waals surface area contributed by atoms with E-state index in [2.05, 4.69) is 15.0 Å². The van der Waals surface area contributed by atoms with E-state index in [1.54, 1.807) is 0 Å². The number of hydrogen-bond acceptors (Lipinski definition) is 3. The molecule has 1 aromatic heterocycles. The maximum Gasteiger partial charge on any atom is 0.128 e. The molecule has 2 heterocycles. The summed E-state index contributed by atoms with van der Waals surface area (Å²) < 4.78 is 2.15. The van der Waals surface area contributed by atoms with Crippen LogP contribution in [0, 0.1) is 0 Å². The maximum absolute atomic E-state index is 5.14. The number of hydrogen-bond donors (Lipinski definition) is 1. The van der Waals surface area contributed by atoms with Gasteiger partial charge < -0.3 is 9.40 Å². The summed E-state index contributed by atoms with van der Waals surface area (Å²) in [5.74, 6) is 1.09. The molecular weight excluding hydrogens is 154 g/mol. The van der Waals surface area contributed by atoms with Gasteiger partial charge in [-0.3, -0.25) is 0 Å². The predicted molar refractivity (Wildman–Crippen MR) is 44.3 cm³/mol. The summed E-state index contributed by atoms with van der Waals surface area (Å²) in [6.45, 7) is 3.70. The third-order valence-corrected chi connectivity index (χ3v) is 2.09. The molecule has 0 radical (unpaired) electrons. The first-order chi connectivity index (χ1) is 5.92. The Morgan fingerprint density at radius 1 is 1.83 bits per heavy atom. The third-order valence-electron chi connectivity index (χ3n) is 2.09. The Morgan fingerprint density at radius 3 is 3.58 bits per heavy atom. The van der Waals surface area contributed by atoms with Gasteiger partial charge in [0.05, 0.1) is 12.6 Å². The van der Waals surface area contributed by atoms with Crippen LogP contribution in [0.4, 0.5) is 0 Å². The Kier molecular flexibility index (Phi) is 2.10. The van der Waals surface area contributed by atoms with Crippen LogP contribution in [-0.4, -0.2) is 16.2 Å². The van der Waals surface area contributed by atoms with E-state index in [9.17, 15) is 0 Å². The molecule has 0 aromatic carbocycles. The van der Waals surface area contributed by atoms with E-state index in [4.69, 9.17) is 4.84 Å². The van der Waals surface area contributed by atoms with E-state index < -0.39 is 0 Å². The largest absolute Gasteiger partial charge is 0.333 e. The van der Waals surface area contributed by atoms with Crippen molar-refractivity contribution in [1.29, 1.82) is 0 Å². The van der Waals surface area contributed by atoms with Gasteiger partial charge in [-0.05, 0) is 13.3 Å². The van der Waals surface area contributed by atoms with Gasteiger partial charge in [-0.15, -0.1) is 0 Å². The van der Waals surface area contributed by atoms with Crippen LogP contribution in [0.3, 0.4) is 0 Å². The van der Waals surface area contributed by atoms with Crippen LogP contribution in [-0.2, 0) is 11.4 Å². The Hall–Kier alpha value is -0.870.